The Bertz CT molecular complexity index is 1180. The highest BCUT2D eigenvalue weighted by molar-refractivity contribution is 5.83. The third-order valence-corrected chi connectivity index (χ3v) is 6.14. The number of amides is 1. The molecule has 1 aliphatic rings. The van der Waals surface area contributed by atoms with Gasteiger partial charge in [-0.2, -0.15) is 0 Å². The number of primary amides is 1. The molecule has 0 fully saturated rings. The fourth-order valence-electron chi connectivity index (χ4n) is 4.33. The van der Waals surface area contributed by atoms with Gasteiger partial charge in [0.05, 0.1) is 12.3 Å². The predicted octanol–water partition coefficient (Wildman–Crippen LogP) is 5.19. The molecule has 2 N–H and O–H groups in total. The van der Waals surface area contributed by atoms with Crippen LogP contribution in [-0.4, -0.2) is 30.2 Å². The van der Waals surface area contributed by atoms with Gasteiger partial charge in [0.2, 0.25) is 11.8 Å². The third kappa shape index (κ3) is 5.39. The van der Waals surface area contributed by atoms with Crippen molar-refractivity contribution in [2.45, 2.75) is 52.6 Å². The summed E-state index contributed by atoms with van der Waals surface area (Å²) in [6.45, 7) is 6.81. The molecule has 1 aromatic heterocycles. The highest BCUT2D eigenvalue weighted by Crippen LogP contribution is 2.35. The Balaban J connectivity index is 1.44. The Morgan fingerprint density at radius 1 is 1.18 bits per heavy atom. The first kappa shape index (κ1) is 23.8. The van der Waals surface area contributed by atoms with Gasteiger partial charge in [-0.25, -0.2) is 4.98 Å². The topological polar surface area (TPSA) is 87.6 Å². The number of hydrogen-bond donors (Lipinski definition) is 1. The van der Waals surface area contributed by atoms with E-state index in [-0.39, 0.29) is 0 Å². The smallest absolute Gasteiger partial charge is 0.246 e. The van der Waals surface area contributed by atoms with Crippen LogP contribution in [-0.2, 0) is 22.4 Å². The van der Waals surface area contributed by atoms with Crippen LogP contribution in [0.1, 0.15) is 47.9 Å². The van der Waals surface area contributed by atoms with Crippen LogP contribution in [0, 0.1) is 13.8 Å². The van der Waals surface area contributed by atoms with Crippen molar-refractivity contribution in [2.24, 2.45) is 5.73 Å². The molecule has 0 saturated heterocycles. The molecule has 1 unspecified atom stereocenters. The second-order valence-corrected chi connectivity index (χ2v) is 8.59. The van der Waals surface area contributed by atoms with E-state index < -0.39 is 12.0 Å². The number of rotatable bonds is 10. The molecule has 0 spiro atoms. The number of fused-ring (bicyclic) bond motifs is 1. The van der Waals surface area contributed by atoms with E-state index in [2.05, 4.69) is 31.2 Å². The molecule has 2 aromatic carbocycles. The molecule has 34 heavy (non-hydrogen) atoms. The molecular weight excluding hydrogens is 428 g/mol. The van der Waals surface area contributed by atoms with Gasteiger partial charge in [0.15, 0.2) is 0 Å². The highest BCUT2D eigenvalue weighted by Gasteiger charge is 2.23. The summed E-state index contributed by atoms with van der Waals surface area (Å²) in [4.78, 5) is 16.5. The Morgan fingerprint density at radius 2 is 1.97 bits per heavy atom. The summed E-state index contributed by atoms with van der Waals surface area (Å²) in [6.07, 6.45) is 4.46. The second kappa shape index (κ2) is 10.7. The lowest BCUT2D eigenvalue weighted by Crippen LogP contribution is -2.31. The van der Waals surface area contributed by atoms with E-state index in [0.29, 0.717) is 31.9 Å². The van der Waals surface area contributed by atoms with Crippen molar-refractivity contribution in [3.63, 3.8) is 0 Å². The summed E-state index contributed by atoms with van der Waals surface area (Å²) < 4.78 is 17.7. The van der Waals surface area contributed by atoms with Gasteiger partial charge in [0.1, 0.15) is 17.6 Å². The van der Waals surface area contributed by atoms with E-state index in [1.165, 1.54) is 5.56 Å². The number of aryl methyl sites for hydroxylation is 2. The zero-order valence-electron chi connectivity index (χ0n) is 20.1. The summed E-state index contributed by atoms with van der Waals surface area (Å²) in [7, 11) is 0. The molecule has 1 heterocycles. The molecule has 178 valence electrons. The Labute approximate surface area is 200 Å². The standard InChI is InChI=1S/C28H32N2O4/c1-4-32-26(27(29)31)17-21-7-5-9-23-22(21)8-6-10-25(23)33-16-15-24-19(3)34-28(30-24)20-13-11-18(2)12-14-20/h6-8,10-14,26H,4-5,9,15-17H2,1-3H3,(H2,29,31). The Kier molecular flexibility index (Phi) is 7.48. The van der Waals surface area contributed by atoms with Crippen LogP contribution in [0.15, 0.2) is 53.0 Å². The van der Waals surface area contributed by atoms with Crippen molar-refractivity contribution in [1.82, 2.24) is 4.98 Å². The van der Waals surface area contributed by atoms with Gasteiger partial charge in [0, 0.05) is 30.6 Å². The summed E-state index contributed by atoms with van der Waals surface area (Å²) >= 11 is 0. The average molecular weight is 461 g/mol. The van der Waals surface area contributed by atoms with Crippen molar-refractivity contribution in [3.05, 3.63) is 76.7 Å². The number of aromatic nitrogens is 1. The van der Waals surface area contributed by atoms with Gasteiger partial charge in [-0.05, 0) is 62.9 Å². The molecule has 1 aliphatic carbocycles. The van der Waals surface area contributed by atoms with Crippen molar-refractivity contribution in [1.29, 1.82) is 0 Å². The van der Waals surface area contributed by atoms with E-state index >= 15 is 0 Å². The highest BCUT2D eigenvalue weighted by atomic mass is 16.5. The molecule has 0 saturated carbocycles. The monoisotopic (exact) mass is 460 g/mol. The minimum Gasteiger partial charge on any atom is -0.493 e. The average Bonchev–Trinajstić information content (AvgIpc) is 3.20. The fourth-order valence-corrected chi connectivity index (χ4v) is 4.33. The molecule has 1 atom stereocenters. The number of hydrogen-bond acceptors (Lipinski definition) is 5. The van der Waals surface area contributed by atoms with Gasteiger partial charge < -0.3 is 19.6 Å². The first-order valence-corrected chi connectivity index (χ1v) is 11.8. The van der Waals surface area contributed by atoms with Crippen molar-refractivity contribution >= 4 is 11.5 Å². The van der Waals surface area contributed by atoms with Gasteiger partial charge >= 0.3 is 0 Å². The molecule has 0 radical (unpaired) electrons. The summed E-state index contributed by atoms with van der Waals surface area (Å²) in [5.41, 5.74) is 12.0. The SMILES string of the molecule is CCOC(CC1=CCCc2c(OCCc3nc(-c4ccc(C)cc4)oc3C)cccc21)C(N)=O. The Hall–Kier alpha value is -3.38. The number of allylic oxidation sites excluding steroid dienone is 1. The van der Waals surface area contributed by atoms with Crippen LogP contribution in [0.3, 0.4) is 0 Å². The largest absolute Gasteiger partial charge is 0.493 e. The van der Waals surface area contributed by atoms with Gasteiger partial charge in [-0.3, -0.25) is 4.79 Å². The van der Waals surface area contributed by atoms with E-state index in [9.17, 15) is 4.79 Å². The van der Waals surface area contributed by atoms with Crippen LogP contribution in [0.2, 0.25) is 0 Å². The van der Waals surface area contributed by atoms with Crippen LogP contribution in [0.25, 0.3) is 17.0 Å². The maximum absolute atomic E-state index is 11.8. The lowest BCUT2D eigenvalue weighted by molar-refractivity contribution is -0.128. The van der Waals surface area contributed by atoms with Crippen LogP contribution < -0.4 is 10.5 Å². The normalized spacial score (nSPS) is 13.8. The van der Waals surface area contributed by atoms with Crippen LogP contribution >= 0.6 is 0 Å². The molecule has 0 aliphatic heterocycles. The number of carbonyl (C=O) groups is 1. The van der Waals surface area contributed by atoms with Crippen molar-refractivity contribution in [2.75, 3.05) is 13.2 Å². The third-order valence-electron chi connectivity index (χ3n) is 6.14. The minimum atomic E-state index is -0.621. The number of oxazole rings is 1. The maximum atomic E-state index is 11.8. The van der Waals surface area contributed by atoms with Gasteiger partial charge in [-0.15, -0.1) is 0 Å². The zero-order valence-corrected chi connectivity index (χ0v) is 20.1. The van der Waals surface area contributed by atoms with E-state index in [1.54, 1.807) is 0 Å². The maximum Gasteiger partial charge on any atom is 0.246 e. The molecule has 6 nitrogen and oxygen atoms in total. The zero-order chi connectivity index (χ0) is 24.1. The number of ether oxygens (including phenoxy) is 2. The Morgan fingerprint density at radius 3 is 2.71 bits per heavy atom. The molecule has 3 aromatic rings. The van der Waals surface area contributed by atoms with Gasteiger partial charge in [-0.1, -0.05) is 35.9 Å². The van der Waals surface area contributed by atoms with E-state index in [4.69, 9.17) is 24.6 Å². The number of nitrogens with two attached hydrogens (primary N) is 1. The van der Waals surface area contributed by atoms with Crippen LogP contribution in [0.4, 0.5) is 0 Å². The summed E-state index contributed by atoms with van der Waals surface area (Å²) in [6, 6.07) is 14.2. The lowest BCUT2D eigenvalue weighted by Gasteiger charge is -2.23. The summed E-state index contributed by atoms with van der Waals surface area (Å²) in [5.74, 6) is 1.89. The van der Waals surface area contributed by atoms with Crippen LogP contribution in [0.5, 0.6) is 5.75 Å². The first-order chi connectivity index (χ1) is 16.5. The summed E-state index contributed by atoms with van der Waals surface area (Å²) in [5, 5.41) is 0. The number of carbonyl (C=O) groups excluding carboxylic acids is 1. The molecule has 1 amide bonds. The molecule has 0 bridgehead atoms. The number of nitrogens with zero attached hydrogens (tertiary/aromatic N) is 1. The molecule has 6 heteroatoms. The van der Waals surface area contributed by atoms with E-state index in [0.717, 1.165) is 52.3 Å². The van der Waals surface area contributed by atoms with Crippen molar-refractivity contribution in [3.8, 4) is 17.2 Å². The number of benzene rings is 2. The molecule has 4 rings (SSSR count). The first-order valence-electron chi connectivity index (χ1n) is 11.8. The predicted molar refractivity (Wildman–Crippen MR) is 133 cm³/mol. The molecular formula is C28H32N2O4. The minimum absolute atomic E-state index is 0.435. The quantitative estimate of drug-likeness (QED) is 0.450. The van der Waals surface area contributed by atoms with E-state index in [1.807, 2.05) is 38.1 Å². The fraction of sp³-hybridized carbons (Fsp3) is 0.357. The van der Waals surface area contributed by atoms with Crippen molar-refractivity contribution < 1.29 is 18.7 Å². The second-order valence-electron chi connectivity index (χ2n) is 8.59. The lowest BCUT2D eigenvalue weighted by atomic mass is 9.87. The van der Waals surface area contributed by atoms with Gasteiger partial charge in [0.25, 0.3) is 0 Å².